The van der Waals surface area contributed by atoms with E-state index in [-0.39, 0.29) is 5.91 Å². The molecule has 14 heavy (non-hydrogen) atoms. The maximum absolute atomic E-state index is 11.6. The zero-order valence-electron chi connectivity index (χ0n) is 7.39. The van der Waals surface area contributed by atoms with Gasteiger partial charge in [0.1, 0.15) is 0 Å². The van der Waals surface area contributed by atoms with Gasteiger partial charge in [0.05, 0.1) is 5.56 Å². The number of hydrogen-bond donors (Lipinski definition) is 1. The molecule has 2 nitrogen and oxygen atoms in total. The highest BCUT2D eigenvalue weighted by molar-refractivity contribution is 9.11. The van der Waals surface area contributed by atoms with Crippen LogP contribution in [-0.4, -0.2) is 12.5 Å². The lowest BCUT2D eigenvalue weighted by Crippen LogP contribution is -2.24. The van der Waals surface area contributed by atoms with E-state index >= 15 is 0 Å². The van der Waals surface area contributed by atoms with Gasteiger partial charge in [0.2, 0.25) is 0 Å². The van der Waals surface area contributed by atoms with Crippen LogP contribution in [0.15, 0.2) is 39.8 Å². The van der Waals surface area contributed by atoms with Gasteiger partial charge >= 0.3 is 0 Å². The highest BCUT2D eigenvalue weighted by atomic mass is 79.9. The maximum Gasteiger partial charge on any atom is 0.252 e. The molecule has 1 N–H and O–H groups in total. The molecule has 0 fully saturated rings. The summed E-state index contributed by atoms with van der Waals surface area (Å²) in [6.45, 7) is 4.06. The summed E-state index contributed by atoms with van der Waals surface area (Å²) < 4.78 is 1.54. The van der Waals surface area contributed by atoms with E-state index in [0.29, 0.717) is 12.1 Å². The summed E-state index contributed by atoms with van der Waals surface area (Å²) in [4.78, 5) is 11.6. The van der Waals surface area contributed by atoms with Crippen molar-refractivity contribution < 1.29 is 4.79 Å². The summed E-state index contributed by atoms with van der Waals surface area (Å²) in [5, 5.41) is 2.72. The molecule has 0 saturated carbocycles. The van der Waals surface area contributed by atoms with Gasteiger partial charge in [0.15, 0.2) is 0 Å². The molecular weight excluding hydrogens is 310 g/mol. The SMILES string of the molecule is C=C(Br)CNC(=O)c1ccccc1Br. The molecule has 74 valence electrons. The van der Waals surface area contributed by atoms with Gasteiger partial charge in [-0.2, -0.15) is 0 Å². The zero-order chi connectivity index (χ0) is 10.6. The average molecular weight is 319 g/mol. The van der Waals surface area contributed by atoms with Crippen LogP contribution >= 0.6 is 31.9 Å². The highest BCUT2D eigenvalue weighted by Crippen LogP contribution is 2.15. The predicted molar refractivity (Wildman–Crippen MR) is 64.5 cm³/mol. The summed E-state index contributed by atoms with van der Waals surface area (Å²) in [7, 11) is 0. The Bertz CT molecular complexity index is 363. The lowest BCUT2D eigenvalue weighted by atomic mass is 10.2. The van der Waals surface area contributed by atoms with Crippen LogP contribution in [0.5, 0.6) is 0 Å². The van der Waals surface area contributed by atoms with Crippen molar-refractivity contribution in [3.8, 4) is 0 Å². The van der Waals surface area contributed by atoms with E-state index < -0.39 is 0 Å². The van der Waals surface area contributed by atoms with Gasteiger partial charge in [0.25, 0.3) is 5.91 Å². The second-order valence-electron chi connectivity index (χ2n) is 2.68. The van der Waals surface area contributed by atoms with Crippen LogP contribution in [0.25, 0.3) is 0 Å². The van der Waals surface area contributed by atoms with E-state index in [9.17, 15) is 4.79 Å². The maximum atomic E-state index is 11.6. The molecule has 1 aromatic rings. The van der Waals surface area contributed by atoms with E-state index in [1.807, 2.05) is 18.2 Å². The third-order valence-electron chi connectivity index (χ3n) is 1.56. The number of halogens is 2. The summed E-state index contributed by atoms with van der Waals surface area (Å²) in [5.74, 6) is -0.113. The van der Waals surface area contributed by atoms with Crippen LogP contribution in [0.1, 0.15) is 10.4 Å². The molecule has 0 aliphatic rings. The van der Waals surface area contributed by atoms with Crippen LogP contribution in [-0.2, 0) is 0 Å². The van der Waals surface area contributed by atoms with Crippen LogP contribution < -0.4 is 5.32 Å². The molecule has 0 aromatic heterocycles. The van der Waals surface area contributed by atoms with Crippen molar-refractivity contribution in [2.75, 3.05) is 6.54 Å². The topological polar surface area (TPSA) is 29.1 Å². The van der Waals surface area contributed by atoms with E-state index in [1.54, 1.807) is 6.07 Å². The summed E-state index contributed by atoms with van der Waals surface area (Å²) in [6.07, 6.45) is 0. The van der Waals surface area contributed by atoms with Gasteiger partial charge < -0.3 is 5.32 Å². The Morgan fingerprint density at radius 3 is 2.64 bits per heavy atom. The zero-order valence-corrected chi connectivity index (χ0v) is 10.6. The summed E-state index contributed by atoms with van der Waals surface area (Å²) in [5.41, 5.74) is 0.626. The minimum atomic E-state index is -0.113. The minimum absolute atomic E-state index is 0.113. The van der Waals surface area contributed by atoms with Gasteiger partial charge in [-0.1, -0.05) is 34.6 Å². The van der Waals surface area contributed by atoms with E-state index in [4.69, 9.17) is 0 Å². The second-order valence-corrected chi connectivity index (χ2v) is 4.66. The van der Waals surface area contributed by atoms with Gasteiger partial charge in [-0.25, -0.2) is 0 Å². The third kappa shape index (κ3) is 3.27. The minimum Gasteiger partial charge on any atom is -0.347 e. The number of benzene rings is 1. The molecule has 0 aliphatic heterocycles. The van der Waals surface area contributed by atoms with Crippen LogP contribution in [0.4, 0.5) is 0 Å². The molecule has 0 bridgehead atoms. The first kappa shape index (κ1) is 11.5. The van der Waals surface area contributed by atoms with Gasteiger partial charge in [-0.15, -0.1) is 0 Å². The highest BCUT2D eigenvalue weighted by Gasteiger charge is 2.07. The van der Waals surface area contributed by atoms with Crippen LogP contribution in [0, 0.1) is 0 Å². The molecular formula is C10H9Br2NO. The number of hydrogen-bond acceptors (Lipinski definition) is 1. The van der Waals surface area contributed by atoms with Crippen molar-refractivity contribution in [2.24, 2.45) is 0 Å². The Morgan fingerprint density at radius 1 is 1.43 bits per heavy atom. The average Bonchev–Trinajstić information content (AvgIpc) is 2.15. The van der Waals surface area contributed by atoms with Gasteiger partial charge in [0, 0.05) is 15.5 Å². The first-order valence-electron chi connectivity index (χ1n) is 3.97. The third-order valence-corrected chi connectivity index (χ3v) is 2.53. The van der Waals surface area contributed by atoms with Crippen LogP contribution in [0.3, 0.4) is 0 Å². The molecule has 1 amide bonds. The van der Waals surface area contributed by atoms with Crippen molar-refractivity contribution in [2.45, 2.75) is 0 Å². The van der Waals surface area contributed by atoms with Crippen molar-refractivity contribution >= 4 is 37.8 Å². The Labute approximate surface area is 99.6 Å². The molecule has 0 atom stereocenters. The molecule has 0 radical (unpaired) electrons. The van der Waals surface area contributed by atoms with Crippen molar-refractivity contribution in [3.05, 3.63) is 45.4 Å². The quantitative estimate of drug-likeness (QED) is 0.911. The molecule has 0 unspecified atom stereocenters. The number of carbonyl (C=O) groups is 1. The monoisotopic (exact) mass is 317 g/mol. The molecule has 0 aliphatic carbocycles. The number of nitrogens with one attached hydrogen (secondary N) is 1. The predicted octanol–water partition coefficient (Wildman–Crippen LogP) is 3.09. The second kappa shape index (κ2) is 5.32. The van der Waals surface area contributed by atoms with Crippen molar-refractivity contribution in [1.29, 1.82) is 0 Å². The fourth-order valence-electron chi connectivity index (χ4n) is 0.917. The smallest absolute Gasteiger partial charge is 0.252 e. The lowest BCUT2D eigenvalue weighted by Gasteiger charge is -2.05. The molecule has 1 aromatic carbocycles. The lowest BCUT2D eigenvalue weighted by molar-refractivity contribution is 0.0957. The van der Waals surface area contributed by atoms with Crippen LogP contribution in [0.2, 0.25) is 0 Å². The molecule has 0 spiro atoms. The number of amides is 1. The molecule has 1 rings (SSSR count). The molecule has 0 saturated heterocycles. The normalized spacial score (nSPS) is 9.57. The van der Waals surface area contributed by atoms with E-state index in [0.717, 1.165) is 8.96 Å². The molecule has 0 heterocycles. The number of carbonyl (C=O) groups excluding carboxylic acids is 1. The Kier molecular flexibility index (Phi) is 4.35. The van der Waals surface area contributed by atoms with E-state index in [2.05, 4.69) is 43.8 Å². The number of rotatable bonds is 3. The first-order chi connectivity index (χ1) is 6.61. The summed E-state index contributed by atoms with van der Waals surface area (Å²) >= 11 is 6.48. The largest absolute Gasteiger partial charge is 0.347 e. The van der Waals surface area contributed by atoms with E-state index in [1.165, 1.54) is 0 Å². The standard InChI is InChI=1S/C10H9Br2NO/c1-7(11)6-13-10(14)8-4-2-3-5-9(8)12/h2-5H,1,6H2,(H,13,14). The first-order valence-corrected chi connectivity index (χ1v) is 5.56. The Morgan fingerprint density at radius 2 is 2.07 bits per heavy atom. The fraction of sp³-hybridized carbons (Fsp3) is 0.100. The molecule has 4 heteroatoms. The Balaban J connectivity index is 2.70. The summed E-state index contributed by atoms with van der Waals surface area (Å²) in [6, 6.07) is 7.28. The van der Waals surface area contributed by atoms with Gasteiger partial charge in [-0.3, -0.25) is 4.79 Å². The van der Waals surface area contributed by atoms with Gasteiger partial charge in [-0.05, 0) is 28.1 Å². The van der Waals surface area contributed by atoms with Crippen molar-refractivity contribution in [1.82, 2.24) is 5.32 Å². The fourth-order valence-corrected chi connectivity index (χ4v) is 1.52. The Hall–Kier alpha value is -0.610. The van der Waals surface area contributed by atoms with Crippen molar-refractivity contribution in [3.63, 3.8) is 0 Å².